The highest BCUT2D eigenvalue weighted by atomic mass is 32.2. The van der Waals surface area contributed by atoms with Crippen LogP contribution in [0.5, 0.6) is 0 Å². The molecule has 9 nitrogen and oxygen atoms in total. The second kappa shape index (κ2) is 9.80. The Morgan fingerprint density at radius 3 is 2.06 bits per heavy atom. The first kappa shape index (κ1) is 23.2. The minimum Gasteiger partial charge on any atom is -0.325 e. The fraction of sp³-hybridized carbons (Fsp3) is 0.524. The van der Waals surface area contributed by atoms with E-state index in [9.17, 15) is 18.0 Å². The molecule has 2 aliphatic rings. The predicted octanol–water partition coefficient (Wildman–Crippen LogP) is 1.26. The summed E-state index contributed by atoms with van der Waals surface area (Å²) in [4.78, 5) is 30.2. The van der Waals surface area contributed by atoms with Gasteiger partial charge in [-0.25, -0.2) is 13.2 Å². The number of benzene rings is 1. The van der Waals surface area contributed by atoms with E-state index in [0.717, 1.165) is 32.0 Å². The number of piperazine rings is 1. The maximum Gasteiger partial charge on any atom is 0.320 e. The lowest BCUT2D eigenvalue weighted by atomic mass is 10.0. The van der Waals surface area contributed by atoms with Crippen LogP contribution in [0.2, 0.25) is 0 Å². The van der Waals surface area contributed by atoms with Gasteiger partial charge in [-0.2, -0.15) is 4.31 Å². The van der Waals surface area contributed by atoms with Gasteiger partial charge in [0.15, 0.2) is 0 Å². The van der Waals surface area contributed by atoms with Crippen molar-refractivity contribution in [1.29, 1.82) is 0 Å². The summed E-state index contributed by atoms with van der Waals surface area (Å²) in [6.45, 7) is 6.12. The second-order valence-electron chi connectivity index (χ2n) is 8.07. The molecule has 2 fully saturated rings. The van der Waals surface area contributed by atoms with Crippen LogP contribution in [0.15, 0.2) is 41.8 Å². The van der Waals surface area contributed by atoms with Gasteiger partial charge in [0, 0.05) is 51.0 Å². The molecule has 1 aromatic carbocycles. The standard InChI is InChI=1S/C21H31N5O4S/c1-4-20(27)22-17-5-7-19(8-6-17)31(29,30)26-15-13-25(14-16-26)21(28)24-11-9-18(10-12-24)23(2)3/h4-8,18H,1,9-16H2,2-3H3,(H,22,27). The highest BCUT2D eigenvalue weighted by Crippen LogP contribution is 2.21. The van der Waals surface area contributed by atoms with Crippen molar-refractivity contribution >= 4 is 27.6 Å². The van der Waals surface area contributed by atoms with Crippen LogP contribution in [0.1, 0.15) is 12.8 Å². The zero-order valence-corrected chi connectivity index (χ0v) is 19.0. The lowest BCUT2D eigenvalue weighted by Gasteiger charge is -2.40. The van der Waals surface area contributed by atoms with Crippen LogP contribution in [-0.4, -0.2) is 98.8 Å². The van der Waals surface area contributed by atoms with Crippen molar-refractivity contribution in [2.45, 2.75) is 23.8 Å². The van der Waals surface area contributed by atoms with Crippen molar-refractivity contribution in [2.24, 2.45) is 0 Å². The summed E-state index contributed by atoms with van der Waals surface area (Å²) >= 11 is 0. The molecule has 0 bridgehead atoms. The third-order valence-electron chi connectivity index (χ3n) is 5.92. The zero-order valence-electron chi connectivity index (χ0n) is 18.2. The number of sulfonamides is 1. The van der Waals surface area contributed by atoms with Gasteiger partial charge in [0.05, 0.1) is 4.90 Å². The topological polar surface area (TPSA) is 93.3 Å². The molecule has 1 N–H and O–H groups in total. The fourth-order valence-electron chi connectivity index (χ4n) is 3.95. The first-order chi connectivity index (χ1) is 14.7. The van der Waals surface area contributed by atoms with Gasteiger partial charge in [-0.05, 0) is 57.3 Å². The third-order valence-corrected chi connectivity index (χ3v) is 7.83. The summed E-state index contributed by atoms with van der Waals surface area (Å²) in [5, 5.41) is 2.59. The molecule has 1 aromatic rings. The Hall–Kier alpha value is -2.43. The molecule has 2 saturated heterocycles. The molecule has 0 aromatic heterocycles. The highest BCUT2D eigenvalue weighted by Gasteiger charge is 2.33. The van der Waals surface area contributed by atoms with Gasteiger partial charge in [-0.15, -0.1) is 0 Å². The quantitative estimate of drug-likeness (QED) is 0.684. The Morgan fingerprint density at radius 2 is 1.55 bits per heavy atom. The Morgan fingerprint density at radius 1 is 1.00 bits per heavy atom. The summed E-state index contributed by atoms with van der Waals surface area (Å²) in [6, 6.07) is 6.54. The Labute approximate surface area is 184 Å². The van der Waals surface area contributed by atoms with Crippen molar-refractivity contribution in [3.8, 4) is 0 Å². The number of rotatable bonds is 5. The second-order valence-corrected chi connectivity index (χ2v) is 10.0. The van der Waals surface area contributed by atoms with E-state index in [1.807, 2.05) is 4.90 Å². The molecule has 31 heavy (non-hydrogen) atoms. The number of anilines is 1. The molecule has 0 saturated carbocycles. The molecule has 0 atom stereocenters. The van der Waals surface area contributed by atoms with Gasteiger partial charge in [0.2, 0.25) is 15.9 Å². The molecule has 2 heterocycles. The summed E-state index contributed by atoms with van der Waals surface area (Å²) in [5.74, 6) is -0.359. The number of hydrogen-bond donors (Lipinski definition) is 1. The Balaban J connectivity index is 1.55. The van der Waals surface area contributed by atoms with E-state index in [4.69, 9.17) is 0 Å². The average Bonchev–Trinajstić information content (AvgIpc) is 2.79. The van der Waals surface area contributed by atoms with Gasteiger partial charge in [-0.3, -0.25) is 4.79 Å². The van der Waals surface area contributed by atoms with E-state index in [1.54, 1.807) is 17.0 Å². The van der Waals surface area contributed by atoms with Gasteiger partial charge in [0.25, 0.3) is 0 Å². The minimum absolute atomic E-state index is 0.00318. The number of nitrogens with one attached hydrogen (secondary N) is 1. The van der Waals surface area contributed by atoms with Crippen molar-refractivity contribution in [3.05, 3.63) is 36.9 Å². The van der Waals surface area contributed by atoms with Crippen molar-refractivity contribution in [3.63, 3.8) is 0 Å². The molecule has 3 rings (SSSR count). The van der Waals surface area contributed by atoms with Crippen molar-refractivity contribution in [1.82, 2.24) is 19.0 Å². The van der Waals surface area contributed by atoms with E-state index in [2.05, 4.69) is 30.9 Å². The molecule has 0 spiro atoms. The monoisotopic (exact) mass is 449 g/mol. The number of likely N-dealkylation sites (tertiary alicyclic amines) is 1. The molecular weight excluding hydrogens is 418 g/mol. The van der Waals surface area contributed by atoms with Gasteiger partial charge < -0.3 is 20.0 Å². The van der Waals surface area contributed by atoms with Crippen LogP contribution >= 0.6 is 0 Å². The molecule has 170 valence electrons. The van der Waals surface area contributed by atoms with E-state index >= 15 is 0 Å². The largest absolute Gasteiger partial charge is 0.325 e. The summed E-state index contributed by atoms with van der Waals surface area (Å²) < 4.78 is 27.3. The molecule has 0 unspecified atom stereocenters. The Bertz CT molecular complexity index is 900. The minimum atomic E-state index is -3.66. The molecule has 10 heteroatoms. The van der Waals surface area contributed by atoms with Crippen LogP contribution in [0.4, 0.5) is 10.5 Å². The van der Waals surface area contributed by atoms with E-state index < -0.39 is 10.0 Å². The van der Waals surface area contributed by atoms with Crippen molar-refractivity contribution in [2.75, 3.05) is 58.7 Å². The predicted molar refractivity (Wildman–Crippen MR) is 119 cm³/mol. The number of carbonyl (C=O) groups is 2. The summed E-state index contributed by atoms with van der Waals surface area (Å²) in [7, 11) is 0.464. The maximum absolute atomic E-state index is 13.0. The average molecular weight is 450 g/mol. The van der Waals surface area contributed by atoms with Crippen LogP contribution in [-0.2, 0) is 14.8 Å². The lowest BCUT2D eigenvalue weighted by Crippen LogP contribution is -2.55. The molecule has 2 aliphatic heterocycles. The lowest BCUT2D eigenvalue weighted by molar-refractivity contribution is -0.111. The van der Waals surface area contributed by atoms with Crippen LogP contribution in [0.25, 0.3) is 0 Å². The SMILES string of the molecule is C=CC(=O)Nc1ccc(S(=O)(=O)N2CCN(C(=O)N3CCC(N(C)C)CC3)CC2)cc1. The van der Waals surface area contributed by atoms with Gasteiger partial charge >= 0.3 is 6.03 Å². The first-order valence-electron chi connectivity index (χ1n) is 10.5. The molecule has 0 aliphatic carbocycles. The third kappa shape index (κ3) is 5.44. The highest BCUT2D eigenvalue weighted by molar-refractivity contribution is 7.89. The number of piperidine rings is 1. The van der Waals surface area contributed by atoms with Crippen LogP contribution < -0.4 is 5.32 Å². The summed E-state index contributed by atoms with van der Waals surface area (Å²) in [5.41, 5.74) is 0.498. The maximum atomic E-state index is 13.0. The van der Waals surface area contributed by atoms with Gasteiger partial charge in [0.1, 0.15) is 0 Å². The van der Waals surface area contributed by atoms with Crippen LogP contribution in [0, 0.1) is 0 Å². The number of urea groups is 1. The zero-order chi connectivity index (χ0) is 22.6. The number of nitrogens with zero attached hydrogens (tertiary/aromatic N) is 4. The smallest absolute Gasteiger partial charge is 0.320 e. The molecule has 0 radical (unpaired) electrons. The van der Waals surface area contributed by atoms with Gasteiger partial charge in [-0.1, -0.05) is 6.58 Å². The van der Waals surface area contributed by atoms with Crippen molar-refractivity contribution < 1.29 is 18.0 Å². The van der Waals surface area contributed by atoms with E-state index in [-0.39, 0.29) is 29.9 Å². The Kier molecular flexibility index (Phi) is 7.34. The molecule has 3 amide bonds. The van der Waals surface area contributed by atoms with E-state index in [1.165, 1.54) is 16.4 Å². The fourth-order valence-corrected chi connectivity index (χ4v) is 5.37. The first-order valence-corrected chi connectivity index (χ1v) is 11.9. The summed E-state index contributed by atoms with van der Waals surface area (Å²) in [6.07, 6.45) is 3.06. The van der Waals surface area contributed by atoms with E-state index in [0.29, 0.717) is 24.8 Å². The number of hydrogen-bond acceptors (Lipinski definition) is 5. The number of carbonyl (C=O) groups excluding carboxylic acids is 2. The molecular formula is C21H31N5O4S. The number of amides is 3. The van der Waals surface area contributed by atoms with Crippen LogP contribution in [0.3, 0.4) is 0 Å². The normalized spacial score (nSPS) is 18.8.